The Bertz CT molecular complexity index is 683. The van der Waals surface area contributed by atoms with Crippen molar-refractivity contribution in [1.29, 1.82) is 0 Å². The monoisotopic (exact) mass is 356 g/mol. The highest BCUT2D eigenvalue weighted by molar-refractivity contribution is 8.09. The van der Waals surface area contributed by atoms with Crippen molar-refractivity contribution in [2.24, 2.45) is 10.4 Å². The molecule has 0 unspecified atom stereocenters. The van der Waals surface area contributed by atoms with Gasteiger partial charge in [-0.1, -0.05) is 23.8 Å². The van der Waals surface area contributed by atoms with E-state index in [0.29, 0.717) is 0 Å². The van der Waals surface area contributed by atoms with E-state index in [-0.39, 0.29) is 11.4 Å². The van der Waals surface area contributed by atoms with Crippen molar-refractivity contribution in [3.63, 3.8) is 0 Å². The first-order chi connectivity index (χ1) is 9.56. The fourth-order valence-electron chi connectivity index (χ4n) is 0.865. The topological polar surface area (TPSA) is 122 Å². The predicted molar refractivity (Wildman–Crippen MR) is 76.8 cm³/mol. The van der Waals surface area contributed by atoms with E-state index in [1.165, 1.54) is 18.2 Å². The van der Waals surface area contributed by atoms with E-state index in [1.54, 1.807) is 12.1 Å². The molecule has 0 spiro atoms. The molecule has 0 amide bonds. The Morgan fingerprint density at radius 1 is 1.29 bits per heavy atom. The molecule has 21 heavy (non-hydrogen) atoms. The van der Waals surface area contributed by atoms with Gasteiger partial charge in [-0.15, -0.1) is 11.7 Å². The lowest BCUT2D eigenvalue weighted by atomic mass is 10.2. The summed E-state index contributed by atoms with van der Waals surface area (Å²) in [5.74, 6) is 0. The number of halogens is 1. The van der Waals surface area contributed by atoms with Gasteiger partial charge in [-0.05, 0) is 19.1 Å². The van der Waals surface area contributed by atoms with Crippen LogP contribution in [-0.4, -0.2) is 27.9 Å². The summed E-state index contributed by atoms with van der Waals surface area (Å²) in [6, 6.07) is 5.99. The zero-order chi connectivity index (χ0) is 16.5. The number of rotatable bonds is 5. The SMILES string of the molecule is C=CCN=NOS(=O)(=O)Cl.Cc1ccc(S(=O)(=O)O)cc1. The first-order valence-corrected chi connectivity index (χ1v) is 8.89. The fourth-order valence-corrected chi connectivity index (χ4v) is 1.55. The minimum absolute atomic E-state index is 0.0666. The maximum atomic E-state index is 10.5. The third-order valence-electron chi connectivity index (χ3n) is 1.71. The van der Waals surface area contributed by atoms with Crippen molar-refractivity contribution in [3.05, 3.63) is 42.5 Å². The Kier molecular flexibility index (Phi) is 8.10. The first kappa shape index (κ1) is 19.5. The Hall–Kier alpha value is -1.49. The van der Waals surface area contributed by atoms with Gasteiger partial charge >= 0.3 is 9.33 Å². The van der Waals surface area contributed by atoms with E-state index in [4.69, 9.17) is 4.55 Å². The minimum Gasteiger partial charge on any atom is -0.282 e. The highest BCUT2D eigenvalue weighted by Gasteiger charge is 2.06. The first-order valence-electron chi connectivity index (χ1n) is 5.21. The Labute approximate surface area is 127 Å². The van der Waals surface area contributed by atoms with Gasteiger partial charge in [-0.3, -0.25) is 4.55 Å². The Morgan fingerprint density at radius 3 is 2.19 bits per heavy atom. The summed E-state index contributed by atoms with van der Waals surface area (Å²) in [7, 11) is -3.46. The zero-order valence-corrected chi connectivity index (χ0v) is 13.3. The van der Waals surface area contributed by atoms with E-state index < -0.39 is 19.4 Å². The lowest BCUT2D eigenvalue weighted by Crippen LogP contribution is -1.96. The van der Waals surface area contributed by atoms with Gasteiger partial charge in [0.15, 0.2) is 0 Å². The van der Waals surface area contributed by atoms with Crippen LogP contribution in [0.25, 0.3) is 0 Å². The van der Waals surface area contributed by atoms with Gasteiger partial charge in [0.25, 0.3) is 10.1 Å². The van der Waals surface area contributed by atoms with Gasteiger partial charge in [0.05, 0.1) is 22.1 Å². The third kappa shape index (κ3) is 10.9. The van der Waals surface area contributed by atoms with Crippen LogP contribution >= 0.6 is 10.7 Å². The molecule has 8 nitrogen and oxygen atoms in total. The summed E-state index contributed by atoms with van der Waals surface area (Å²) in [6.07, 6.45) is 1.42. The van der Waals surface area contributed by atoms with Crippen LogP contribution in [0.15, 0.2) is 52.2 Å². The predicted octanol–water partition coefficient (Wildman–Crippen LogP) is 2.28. The molecular weight excluding hydrogens is 344 g/mol. The average Bonchev–Trinajstić information content (AvgIpc) is 2.34. The highest BCUT2D eigenvalue weighted by Crippen LogP contribution is 2.08. The lowest BCUT2D eigenvalue weighted by Gasteiger charge is -1.95. The van der Waals surface area contributed by atoms with Crippen molar-refractivity contribution in [2.45, 2.75) is 11.8 Å². The molecule has 0 radical (unpaired) electrons. The maximum absolute atomic E-state index is 10.5. The summed E-state index contributed by atoms with van der Waals surface area (Å²) in [6.45, 7) is 5.33. The van der Waals surface area contributed by atoms with Crippen LogP contribution in [0.1, 0.15) is 5.56 Å². The molecule has 1 aromatic carbocycles. The second-order valence-electron chi connectivity index (χ2n) is 3.45. The number of nitrogens with zero attached hydrogens (tertiary/aromatic N) is 2. The molecule has 1 aromatic rings. The van der Waals surface area contributed by atoms with Crippen molar-refractivity contribution < 1.29 is 25.7 Å². The molecule has 0 saturated carbocycles. The molecule has 0 aliphatic rings. The van der Waals surface area contributed by atoms with Crippen LogP contribution in [0, 0.1) is 6.92 Å². The second-order valence-corrected chi connectivity index (χ2v) is 6.94. The molecule has 0 heterocycles. The molecule has 1 rings (SSSR count). The number of hydrogen-bond acceptors (Lipinski definition) is 7. The molecule has 0 aliphatic heterocycles. The van der Waals surface area contributed by atoms with Crippen molar-refractivity contribution in [3.8, 4) is 0 Å². The molecule has 0 aromatic heterocycles. The van der Waals surface area contributed by atoms with Crippen molar-refractivity contribution >= 4 is 30.1 Å². The number of benzene rings is 1. The number of aryl methyl sites for hydroxylation is 1. The molecule has 118 valence electrons. The summed E-state index contributed by atoms with van der Waals surface area (Å²) >= 11 is 0. The van der Waals surface area contributed by atoms with Gasteiger partial charge in [-0.2, -0.15) is 16.8 Å². The molecule has 0 saturated heterocycles. The van der Waals surface area contributed by atoms with Crippen LogP contribution in [0.5, 0.6) is 0 Å². The summed E-state index contributed by atoms with van der Waals surface area (Å²) in [5, 5.41) is 5.96. The minimum atomic E-state index is -4.03. The quantitative estimate of drug-likeness (QED) is 0.284. The molecule has 0 atom stereocenters. The average molecular weight is 357 g/mol. The Balaban J connectivity index is 0.000000384. The summed E-state index contributed by atoms with van der Waals surface area (Å²) in [4.78, 5) is -0.0666. The van der Waals surface area contributed by atoms with E-state index in [1.807, 2.05) is 6.92 Å². The van der Waals surface area contributed by atoms with E-state index in [2.05, 4.69) is 31.9 Å². The van der Waals surface area contributed by atoms with E-state index in [0.717, 1.165) is 5.56 Å². The summed E-state index contributed by atoms with van der Waals surface area (Å²) < 4.78 is 53.1. The lowest BCUT2D eigenvalue weighted by molar-refractivity contribution is 0.319. The molecule has 0 aliphatic carbocycles. The van der Waals surface area contributed by atoms with Gasteiger partial charge in [-0.25, -0.2) is 4.28 Å². The molecule has 11 heteroatoms. The number of hydrogen-bond donors (Lipinski definition) is 1. The largest absolute Gasteiger partial charge is 0.421 e. The van der Waals surface area contributed by atoms with Crippen LogP contribution < -0.4 is 0 Å². The van der Waals surface area contributed by atoms with Gasteiger partial charge in [0, 0.05) is 5.28 Å². The molecule has 1 N–H and O–H groups in total. The van der Waals surface area contributed by atoms with Crippen LogP contribution in [0.2, 0.25) is 0 Å². The zero-order valence-electron chi connectivity index (χ0n) is 10.9. The van der Waals surface area contributed by atoms with Crippen molar-refractivity contribution in [1.82, 2.24) is 0 Å². The van der Waals surface area contributed by atoms with Gasteiger partial charge in [0.1, 0.15) is 0 Å². The molecular formula is C10H13ClN2O6S2. The molecule has 0 fully saturated rings. The normalized spacial score (nSPS) is 11.6. The molecule has 0 bridgehead atoms. The standard InChI is InChI=1S/C7H8O3S.C3H5ClN2O3S/c1-6-2-4-7(5-3-6)11(8,9)10;1-2-3-5-6-9-10(4,7)8/h2-5H,1H3,(H,8,9,10);2H,1,3H2. The Morgan fingerprint density at radius 2 is 1.81 bits per heavy atom. The van der Waals surface area contributed by atoms with Crippen LogP contribution in [-0.2, 0) is 23.7 Å². The third-order valence-corrected chi connectivity index (χ3v) is 2.99. The van der Waals surface area contributed by atoms with E-state index >= 15 is 0 Å². The second kappa shape index (κ2) is 8.72. The highest BCUT2D eigenvalue weighted by atomic mass is 35.7. The smallest absolute Gasteiger partial charge is 0.282 e. The van der Waals surface area contributed by atoms with Crippen molar-refractivity contribution in [2.75, 3.05) is 6.54 Å². The van der Waals surface area contributed by atoms with Crippen LogP contribution in [0.4, 0.5) is 0 Å². The fraction of sp³-hybridized carbons (Fsp3) is 0.200. The van der Waals surface area contributed by atoms with Gasteiger partial charge < -0.3 is 0 Å². The van der Waals surface area contributed by atoms with Crippen LogP contribution in [0.3, 0.4) is 0 Å². The van der Waals surface area contributed by atoms with Gasteiger partial charge in [0.2, 0.25) is 0 Å². The summed E-state index contributed by atoms with van der Waals surface area (Å²) in [5.41, 5.74) is 0.956. The van der Waals surface area contributed by atoms with E-state index in [9.17, 15) is 16.8 Å². The maximum Gasteiger partial charge on any atom is 0.421 e.